The van der Waals surface area contributed by atoms with Crippen molar-refractivity contribution in [3.8, 4) is 17.3 Å². The second kappa shape index (κ2) is 9.98. The summed E-state index contributed by atoms with van der Waals surface area (Å²) in [5.41, 5.74) is 9.17. The monoisotopic (exact) mass is 433 g/mol. The molecular formula is C24H24FN5O2. The number of hydrogen-bond acceptors (Lipinski definition) is 6. The van der Waals surface area contributed by atoms with Gasteiger partial charge < -0.3 is 15.7 Å². The number of carbonyl (C=O) groups excluding carboxylic acids is 1. The van der Waals surface area contributed by atoms with E-state index in [9.17, 15) is 14.3 Å². The summed E-state index contributed by atoms with van der Waals surface area (Å²) in [5.74, 6) is -0.131. The Balaban J connectivity index is 0.000000181. The van der Waals surface area contributed by atoms with E-state index in [0.29, 0.717) is 28.9 Å². The average molecular weight is 433 g/mol. The number of pyridine rings is 2. The fourth-order valence-electron chi connectivity index (χ4n) is 3.48. The number of aliphatic hydroxyl groups excluding tert-OH is 1. The maximum Gasteiger partial charge on any atom is 0.250 e. The third-order valence-corrected chi connectivity index (χ3v) is 5.07. The number of hydrogen-bond donors (Lipinski definition) is 2. The fourth-order valence-corrected chi connectivity index (χ4v) is 3.48. The quantitative estimate of drug-likeness (QED) is 0.656. The number of rotatable bonds is 3. The molecule has 4 rings (SSSR count). The van der Waals surface area contributed by atoms with Gasteiger partial charge in [0.1, 0.15) is 17.7 Å². The summed E-state index contributed by atoms with van der Waals surface area (Å²) in [6, 6.07) is 13.4. The zero-order valence-electron chi connectivity index (χ0n) is 17.9. The predicted molar refractivity (Wildman–Crippen MR) is 119 cm³/mol. The molecule has 1 atom stereocenters. The highest BCUT2D eigenvalue weighted by molar-refractivity contribution is 5.92. The maximum atomic E-state index is 13.0. The fraction of sp³-hybridized carbons (Fsp3) is 0.250. The zero-order valence-corrected chi connectivity index (χ0v) is 17.9. The number of benzene rings is 1. The molecule has 3 aromatic rings. The summed E-state index contributed by atoms with van der Waals surface area (Å²) in [6.45, 7) is 5.18. The highest BCUT2D eigenvalue weighted by atomic mass is 19.1. The van der Waals surface area contributed by atoms with E-state index < -0.39 is 5.91 Å². The van der Waals surface area contributed by atoms with Crippen molar-refractivity contribution in [2.75, 3.05) is 18.0 Å². The summed E-state index contributed by atoms with van der Waals surface area (Å²) in [7, 11) is 0. The Kier molecular flexibility index (Phi) is 7.13. The number of nitriles is 1. The van der Waals surface area contributed by atoms with Crippen LogP contribution in [0.3, 0.4) is 0 Å². The molecule has 32 heavy (non-hydrogen) atoms. The number of nitrogens with two attached hydrogens (primary N) is 1. The minimum absolute atomic E-state index is 0.297. The number of halogens is 1. The largest absolute Gasteiger partial charge is 0.391 e. The molecular weight excluding hydrogens is 409 g/mol. The lowest BCUT2D eigenvalue weighted by atomic mass is 10.1. The molecule has 0 spiro atoms. The highest BCUT2D eigenvalue weighted by Crippen LogP contribution is 2.25. The van der Waals surface area contributed by atoms with E-state index in [0.717, 1.165) is 30.0 Å². The molecule has 1 aliphatic rings. The van der Waals surface area contributed by atoms with Crippen molar-refractivity contribution in [2.45, 2.75) is 26.4 Å². The van der Waals surface area contributed by atoms with Crippen LogP contribution in [-0.2, 0) is 0 Å². The minimum atomic E-state index is -0.529. The summed E-state index contributed by atoms with van der Waals surface area (Å²) >= 11 is 0. The Labute approximate surface area is 186 Å². The highest BCUT2D eigenvalue weighted by Gasteiger charge is 2.24. The predicted octanol–water partition coefficient (Wildman–Crippen LogP) is 3.13. The van der Waals surface area contributed by atoms with Gasteiger partial charge in [0.25, 0.3) is 0 Å². The first-order valence-electron chi connectivity index (χ1n) is 10.1. The lowest BCUT2D eigenvalue weighted by molar-refractivity contribution is 0.1000. The third-order valence-electron chi connectivity index (χ3n) is 5.07. The van der Waals surface area contributed by atoms with E-state index in [2.05, 4.69) is 16.0 Å². The molecule has 0 saturated carbocycles. The van der Waals surface area contributed by atoms with Gasteiger partial charge in [-0.05, 0) is 56.2 Å². The normalized spacial score (nSPS) is 15.0. The van der Waals surface area contributed by atoms with Crippen LogP contribution in [0.2, 0.25) is 0 Å². The molecule has 164 valence electrons. The molecule has 0 bridgehead atoms. The molecule has 2 aromatic heterocycles. The van der Waals surface area contributed by atoms with Crippen LogP contribution in [0.25, 0.3) is 11.3 Å². The van der Waals surface area contributed by atoms with Crippen LogP contribution in [-0.4, -0.2) is 40.2 Å². The van der Waals surface area contributed by atoms with Crippen molar-refractivity contribution in [3.63, 3.8) is 0 Å². The molecule has 8 heteroatoms. The molecule has 0 radical (unpaired) electrons. The van der Waals surface area contributed by atoms with Gasteiger partial charge in [-0.15, -0.1) is 0 Å². The molecule has 3 N–H and O–H groups in total. The first-order valence-corrected chi connectivity index (χ1v) is 10.1. The summed E-state index contributed by atoms with van der Waals surface area (Å²) in [4.78, 5) is 21.3. The van der Waals surface area contributed by atoms with Gasteiger partial charge in [0.05, 0.1) is 22.9 Å². The standard InChI is InChI=1S/C12H9FN2O.C12H15N3O/c13-10-3-1-2-8(6-10)11-5-4-9(7-15-11)12(14)16;1-8-5-9(2)14-12(11(8)6-13)15-4-3-10(16)7-15/h1-7H,(H2,14,16);5,10,16H,3-4,7H2,1-2H3. The van der Waals surface area contributed by atoms with Gasteiger partial charge in [-0.2, -0.15) is 5.26 Å². The van der Waals surface area contributed by atoms with Crippen molar-refractivity contribution >= 4 is 11.7 Å². The minimum Gasteiger partial charge on any atom is -0.391 e. The van der Waals surface area contributed by atoms with E-state index >= 15 is 0 Å². The smallest absolute Gasteiger partial charge is 0.250 e. The van der Waals surface area contributed by atoms with Crippen molar-refractivity contribution in [3.05, 3.63) is 76.9 Å². The number of β-amino-alcohol motifs (C(OH)–C–C–N with tert-alkyl or cyclic N) is 1. The number of primary amides is 1. The van der Waals surface area contributed by atoms with Crippen LogP contribution >= 0.6 is 0 Å². The number of carbonyl (C=O) groups is 1. The van der Waals surface area contributed by atoms with Crippen LogP contribution in [0, 0.1) is 31.0 Å². The topological polar surface area (TPSA) is 116 Å². The van der Waals surface area contributed by atoms with Crippen molar-refractivity contribution < 1.29 is 14.3 Å². The number of aromatic nitrogens is 2. The summed E-state index contributed by atoms with van der Waals surface area (Å²) in [5, 5.41) is 18.6. The first kappa shape index (κ1) is 22.8. The van der Waals surface area contributed by atoms with Crippen LogP contribution in [0.5, 0.6) is 0 Å². The van der Waals surface area contributed by atoms with E-state index in [-0.39, 0.29) is 11.9 Å². The number of anilines is 1. The second-order valence-electron chi connectivity index (χ2n) is 7.59. The van der Waals surface area contributed by atoms with Crippen molar-refractivity contribution in [2.24, 2.45) is 5.73 Å². The van der Waals surface area contributed by atoms with E-state index in [1.165, 1.54) is 18.3 Å². The summed E-state index contributed by atoms with van der Waals surface area (Å²) < 4.78 is 13.0. The second-order valence-corrected chi connectivity index (χ2v) is 7.59. The average Bonchev–Trinajstić information content (AvgIpc) is 3.20. The number of amides is 1. The van der Waals surface area contributed by atoms with Crippen LogP contribution in [0.15, 0.2) is 48.7 Å². The molecule has 1 unspecified atom stereocenters. The van der Waals surface area contributed by atoms with Crippen molar-refractivity contribution in [1.82, 2.24) is 9.97 Å². The Morgan fingerprint density at radius 3 is 2.62 bits per heavy atom. The Hall–Kier alpha value is -3.83. The van der Waals surface area contributed by atoms with Gasteiger partial charge in [-0.1, -0.05) is 12.1 Å². The zero-order chi connectivity index (χ0) is 23.3. The molecule has 1 saturated heterocycles. The molecule has 7 nitrogen and oxygen atoms in total. The number of aryl methyl sites for hydroxylation is 2. The van der Waals surface area contributed by atoms with E-state index in [1.807, 2.05) is 24.8 Å². The lowest BCUT2D eigenvalue weighted by Crippen LogP contribution is -2.23. The number of nitrogens with zero attached hydrogens (tertiary/aromatic N) is 4. The van der Waals surface area contributed by atoms with Gasteiger partial charge in [0.15, 0.2) is 0 Å². The summed E-state index contributed by atoms with van der Waals surface area (Å²) in [6.07, 6.45) is 1.83. The molecule has 1 fully saturated rings. The lowest BCUT2D eigenvalue weighted by Gasteiger charge is -2.19. The van der Waals surface area contributed by atoms with Crippen LogP contribution < -0.4 is 10.6 Å². The van der Waals surface area contributed by atoms with Crippen molar-refractivity contribution in [1.29, 1.82) is 5.26 Å². The van der Waals surface area contributed by atoms with Gasteiger partial charge in [0, 0.05) is 30.5 Å². The Morgan fingerprint density at radius 2 is 2.06 bits per heavy atom. The van der Waals surface area contributed by atoms with Crippen LogP contribution in [0.4, 0.5) is 10.2 Å². The Morgan fingerprint density at radius 1 is 1.28 bits per heavy atom. The van der Waals surface area contributed by atoms with Gasteiger partial charge in [0.2, 0.25) is 5.91 Å². The third kappa shape index (κ3) is 5.45. The van der Waals surface area contributed by atoms with E-state index in [1.54, 1.807) is 24.3 Å². The first-order chi connectivity index (χ1) is 15.3. The molecule has 3 heterocycles. The van der Waals surface area contributed by atoms with E-state index in [4.69, 9.17) is 11.0 Å². The Bertz CT molecular complexity index is 1160. The number of aliphatic hydroxyl groups is 1. The molecule has 1 aromatic carbocycles. The van der Waals surface area contributed by atoms with Gasteiger partial charge in [-0.25, -0.2) is 9.37 Å². The molecule has 1 aliphatic heterocycles. The SMILES string of the molecule is Cc1cc(C)c(C#N)c(N2CCC(O)C2)n1.NC(=O)c1ccc(-c2cccc(F)c2)nc1. The molecule has 0 aliphatic carbocycles. The van der Waals surface area contributed by atoms with Crippen LogP contribution in [0.1, 0.15) is 33.6 Å². The maximum absolute atomic E-state index is 13.0. The molecule has 1 amide bonds. The van der Waals surface area contributed by atoms with Gasteiger partial charge >= 0.3 is 0 Å². The van der Waals surface area contributed by atoms with Gasteiger partial charge in [-0.3, -0.25) is 9.78 Å².